The summed E-state index contributed by atoms with van der Waals surface area (Å²) in [6.45, 7) is 0. The maximum absolute atomic E-state index is 11.6. The fraction of sp³-hybridized carbons (Fsp3) is 0. The Morgan fingerprint density at radius 3 is 1.42 bits per heavy atom. The van der Waals surface area contributed by atoms with E-state index in [0.717, 1.165) is 11.1 Å². The quantitative estimate of drug-likeness (QED) is 0.522. The molecule has 0 bridgehead atoms. The molecule has 0 saturated heterocycles. The van der Waals surface area contributed by atoms with Crippen LogP contribution in [0.15, 0.2) is 72.8 Å². The molecule has 0 heterocycles. The molecular formula is C17H14BiO. The summed E-state index contributed by atoms with van der Waals surface area (Å²) in [6, 6.07) is 19.6. The molecule has 0 atom stereocenters. The number of carbonyl (C=O) groups is 1. The molecule has 0 fully saturated rings. The van der Waals surface area contributed by atoms with Crippen molar-refractivity contribution in [2.24, 2.45) is 0 Å². The van der Waals surface area contributed by atoms with Gasteiger partial charge in [-0.25, -0.2) is 0 Å². The summed E-state index contributed by atoms with van der Waals surface area (Å²) in [7, 11) is 0. The van der Waals surface area contributed by atoms with Crippen molar-refractivity contribution in [1.82, 2.24) is 0 Å². The summed E-state index contributed by atoms with van der Waals surface area (Å²) in [6.07, 6.45) is 6.79. The van der Waals surface area contributed by atoms with Crippen molar-refractivity contribution in [1.29, 1.82) is 0 Å². The van der Waals surface area contributed by atoms with Crippen LogP contribution in [0.2, 0.25) is 0 Å². The van der Waals surface area contributed by atoms with E-state index >= 15 is 0 Å². The zero-order valence-electron chi connectivity index (χ0n) is 10.4. The smallest absolute Gasteiger partial charge is 0.178 e. The minimum atomic E-state index is -0.0114. The van der Waals surface area contributed by atoms with Crippen LogP contribution in [-0.4, -0.2) is 32.0 Å². The molecule has 0 aliphatic carbocycles. The molecule has 2 rings (SSSR count). The summed E-state index contributed by atoms with van der Waals surface area (Å²) in [4.78, 5) is 11.6. The molecule has 0 unspecified atom stereocenters. The van der Waals surface area contributed by atoms with Crippen molar-refractivity contribution in [2.45, 2.75) is 0 Å². The Morgan fingerprint density at radius 2 is 1.05 bits per heavy atom. The summed E-state index contributed by atoms with van der Waals surface area (Å²) >= 11 is 0. The summed E-state index contributed by atoms with van der Waals surface area (Å²) in [5.74, 6) is -0.0114. The second-order valence-electron chi connectivity index (χ2n) is 3.89. The Balaban J connectivity index is 0.00000180. The van der Waals surface area contributed by atoms with E-state index < -0.39 is 0 Å². The number of carbonyl (C=O) groups excluding carboxylic acids is 1. The van der Waals surface area contributed by atoms with Gasteiger partial charge in [-0.05, 0) is 23.3 Å². The Labute approximate surface area is 132 Å². The minimum Gasteiger partial charge on any atom is -0.290 e. The minimum absolute atomic E-state index is 0. The van der Waals surface area contributed by atoms with Gasteiger partial charge in [0.2, 0.25) is 0 Å². The molecule has 1 nitrogen and oxygen atoms in total. The summed E-state index contributed by atoms with van der Waals surface area (Å²) < 4.78 is 0. The Hall–Kier alpha value is -1.53. The fourth-order valence-corrected chi connectivity index (χ4v) is 1.54. The topological polar surface area (TPSA) is 17.1 Å². The van der Waals surface area contributed by atoms with Crippen molar-refractivity contribution >= 4 is 44.1 Å². The maximum Gasteiger partial charge on any atom is 0.178 e. The zero-order valence-corrected chi connectivity index (χ0v) is 13.9. The average molecular weight is 443 g/mol. The molecule has 0 aliphatic heterocycles. The molecule has 93 valence electrons. The van der Waals surface area contributed by atoms with Gasteiger partial charge in [-0.1, -0.05) is 72.8 Å². The summed E-state index contributed by atoms with van der Waals surface area (Å²) in [5, 5.41) is 0. The molecule has 2 aromatic rings. The van der Waals surface area contributed by atoms with Crippen LogP contribution in [0, 0.1) is 0 Å². The van der Waals surface area contributed by atoms with Gasteiger partial charge < -0.3 is 0 Å². The molecule has 0 spiro atoms. The molecule has 0 aliphatic rings. The van der Waals surface area contributed by atoms with Crippen LogP contribution < -0.4 is 0 Å². The van der Waals surface area contributed by atoms with Crippen LogP contribution in [0.25, 0.3) is 12.2 Å². The number of ketones is 1. The van der Waals surface area contributed by atoms with E-state index in [1.165, 1.54) is 0 Å². The molecule has 0 aromatic heterocycles. The number of hydrogen-bond acceptors (Lipinski definition) is 1. The first-order chi connectivity index (χ1) is 8.84. The predicted octanol–water partition coefficient (Wildman–Crippen LogP) is 3.60. The molecule has 3 radical (unpaired) electrons. The largest absolute Gasteiger partial charge is 0.290 e. The maximum atomic E-state index is 11.6. The van der Waals surface area contributed by atoms with Crippen LogP contribution >= 0.6 is 0 Å². The van der Waals surface area contributed by atoms with Gasteiger partial charge in [-0.2, -0.15) is 0 Å². The second-order valence-corrected chi connectivity index (χ2v) is 3.89. The van der Waals surface area contributed by atoms with E-state index in [0.29, 0.717) is 0 Å². The first-order valence-electron chi connectivity index (χ1n) is 5.85. The van der Waals surface area contributed by atoms with Gasteiger partial charge in [0.25, 0.3) is 0 Å². The molecule has 0 amide bonds. The van der Waals surface area contributed by atoms with Crippen LogP contribution in [0.3, 0.4) is 0 Å². The van der Waals surface area contributed by atoms with Crippen molar-refractivity contribution in [2.75, 3.05) is 0 Å². The van der Waals surface area contributed by atoms with Gasteiger partial charge in [-0.15, -0.1) is 0 Å². The number of benzene rings is 2. The second kappa shape index (κ2) is 8.55. The van der Waals surface area contributed by atoms with Crippen LogP contribution in [-0.2, 0) is 4.79 Å². The molecular weight excluding hydrogens is 429 g/mol. The third-order valence-electron chi connectivity index (χ3n) is 2.48. The normalized spacial score (nSPS) is 10.5. The Kier molecular flexibility index (Phi) is 6.99. The van der Waals surface area contributed by atoms with Gasteiger partial charge in [0, 0.05) is 26.2 Å². The predicted molar refractivity (Wildman–Crippen MR) is 81.7 cm³/mol. The van der Waals surface area contributed by atoms with Crippen molar-refractivity contribution in [3.8, 4) is 0 Å². The molecule has 0 saturated carbocycles. The van der Waals surface area contributed by atoms with Crippen LogP contribution in [0.4, 0.5) is 0 Å². The number of hydrogen-bond donors (Lipinski definition) is 0. The first-order valence-corrected chi connectivity index (χ1v) is 5.85. The van der Waals surface area contributed by atoms with Crippen LogP contribution in [0.5, 0.6) is 0 Å². The van der Waals surface area contributed by atoms with E-state index in [-0.39, 0.29) is 32.0 Å². The van der Waals surface area contributed by atoms with Crippen molar-refractivity contribution in [3.63, 3.8) is 0 Å². The van der Waals surface area contributed by atoms with Crippen LogP contribution in [0.1, 0.15) is 11.1 Å². The zero-order chi connectivity index (χ0) is 12.6. The Morgan fingerprint density at radius 1 is 0.684 bits per heavy atom. The van der Waals surface area contributed by atoms with Gasteiger partial charge >= 0.3 is 0 Å². The van der Waals surface area contributed by atoms with Crippen molar-refractivity contribution in [3.05, 3.63) is 83.9 Å². The first kappa shape index (κ1) is 15.5. The van der Waals surface area contributed by atoms with E-state index in [1.54, 1.807) is 12.2 Å². The van der Waals surface area contributed by atoms with Gasteiger partial charge in [0.1, 0.15) is 0 Å². The molecule has 2 aromatic carbocycles. The van der Waals surface area contributed by atoms with Crippen molar-refractivity contribution < 1.29 is 4.79 Å². The monoisotopic (exact) mass is 443 g/mol. The van der Waals surface area contributed by atoms with E-state index in [1.807, 2.05) is 72.8 Å². The van der Waals surface area contributed by atoms with Gasteiger partial charge in [0.05, 0.1) is 0 Å². The summed E-state index contributed by atoms with van der Waals surface area (Å²) in [5.41, 5.74) is 2.05. The van der Waals surface area contributed by atoms with Gasteiger partial charge in [-0.3, -0.25) is 4.79 Å². The van der Waals surface area contributed by atoms with E-state index in [4.69, 9.17) is 0 Å². The average Bonchev–Trinajstić information content (AvgIpc) is 2.45. The standard InChI is InChI=1S/C17H14O.Bi/c18-17(13-11-15-7-3-1-4-8-15)14-12-16-9-5-2-6-10-16;/h1-14H;. The Bertz CT molecular complexity index is 505. The van der Waals surface area contributed by atoms with E-state index in [2.05, 4.69) is 0 Å². The third-order valence-corrected chi connectivity index (χ3v) is 2.48. The number of allylic oxidation sites excluding steroid dienone is 2. The molecule has 2 heteroatoms. The molecule has 0 N–H and O–H groups in total. The SMILES string of the molecule is O=C(C=Cc1ccccc1)C=Cc1ccccc1.[Bi]. The fourth-order valence-electron chi connectivity index (χ4n) is 1.54. The van der Waals surface area contributed by atoms with E-state index in [9.17, 15) is 4.79 Å². The third kappa shape index (κ3) is 5.76. The van der Waals surface area contributed by atoms with Gasteiger partial charge in [0.15, 0.2) is 5.78 Å². The number of rotatable bonds is 4. The molecule has 19 heavy (non-hydrogen) atoms.